The van der Waals surface area contributed by atoms with E-state index in [1.165, 1.54) is 4.90 Å². The van der Waals surface area contributed by atoms with E-state index in [9.17, 15) is 19.2 Å². The second-order valence-corrected chi connectivity index (χ2v) is 6.59. The molecule has 9 nitrogen and oxygen atoms in total. The molecule has 3 N–H and O–H groups in total. The summed E-state index contributed by atoms with van der Waals surface area (Å²) in [7, 11) is 1.59. The molecule has 1 aromatic rings. The van der Waals surface area contributed by atoms with Gasteiger partial charge in [0, 0.05) is 38.4 Å². The van der Waals surface area contributed by atoms with Crippen molar-refractivity contribution in [1.29, 1.82) is 0 Å². The highest BCUT2D eigenvalue weighted by molar-refractivity contribution is 6.01. The summed E-state index contributed by atoms with van der Waals surface area (Å²) < 4.78 is 9.69. The first-order valence-corrected chi connectivity index (χ1v) is 10.1. The molecule has 0 heterocycles. The van der Waals surface area contributed by atoms with Gasteiger partial charge < -0.3 is 25.4 Å². The van der Waals surface area contributed by atoms with Crippen LogP contribution in [0.2, 0.25) is 0 Å². The number of carbonyl (C=O) groups excluding carboxylic acids is 4. The molecule has 0 fully saturated rings. The average Bonchev–Trinajstić information content (AvgIpc) is 2.68. The van der Waals surface area contributed by atoms with Gasteiger partial charge in [-0.2, -0.15) is 0 Å². The number of carbonyl (C=O) groups is 4. The second-order valence-electron chi connectivity index (χ2n) is 6.59. The largest absolute Gasteiger partial charge is 0.466 e. The molecule has 166 valence electrons. The van der Waals surface area contributed by atoms with Gasteiger partial charge in [0.05, 0.1) is 24.6 Å². The van der Waals surface area contributed by atoms with Crippen molar-refractivity contribution in [1.82, 2.24) is 0 Å². The predicted octanol–water partition coefficient (Wildman–Crippen LogP) is 2.64. The van der Waals surface area contributed by atoms with Gasteiger partial charge in [0.25, 0.3) is 0 Å². The molecule has 2 amide bonds. The molecule has 0 aliphatic rings. The first kappa shape index (κ1) is 24.9. The standard InChI is InChI=1S/C21H31N3O6/c1-4-29-20(27)10-6-8-18(25)23-16-14-15(22)12-13-17(16)24(3)19(26)9-7-11-21(28)30-5-2/h12-14H,4-11,22H2,1-3H3,(H,23,25). The maximum absolute atomic E-state index is 12.5. The van der Waals surface area contributed by atoms with Gasteiger partial charge in [-0.25, -0.2) is 0 Å². The zero-order valence-electron chi connectivity index (χ0n) is 17.9. The third kappa shape index (κ3) is 8.93. The maximum Gasteiger partial charge on any atom is 0.305 e. The van der Waals surface area contributed by atoms with Gasteiger partial charge in [0.2, 0.25) is 11.8 Å². The predicted molar refractivity (Wildman–Crippen MR) is 114 cm³/mol. The third-order valence-corrected chi connectivity index (χ3v) is 4.20. The Balaban J connectivity index is 2.68. The molecule has 1 rings (SSSR count). The molecule has 0 radical (unpaired) electrons. The summed E-state index contributed by atoms with van der Waals surface area (Å²) in [4.78, 5) is 48.9. The molecular weight excluding hydrogens is 390 g/mol. The number of hydrogen-bond acceptors (Lipinski definition) is 7. The van der Waals surface area contributed by atoms with Crippen LogP contribution in [0, 0.1) is 0 Å². The maximum atomic E-state index is 12.5. The van der Waals surface area contributed by atoms with Crippen molar-refractivity contribution >= 4 is 40.8 Å². The van der Waals surface area contributed by atoms with E-state index < -0.39 is 0 Å². The lowest BCUT2D eigenvalue weighted by Gasteiger charge is -2.21. The monoisotopic (exact) mass is 421 g/mol. The Morgan fingerprint density at radius 2 is 1.50 bits per heavy atom. The van der Waals surface area contributed by atoms with Crippen LogP contribution in [0.4, 0.5) is 17.1 Å². The van der Waals surface area contributed by atoms with Gasteiger partial charge in [0.15, 0.2) is 0 Å². The molecule has 9 heteroatoms. The fourth-order valence-electron chi connectivity index (χ4n) is 2.70. The Morgan fingerprint density at radius 1 is 0.933 bits per heavy atom. The van der Waals surface area contributed by atoms with Crippen molar-refractivity contribution in [2.45, 2.75) is 52.4 Å². The summed E-state index contributed by atoms with van der Waals surface area (Å²) >= 11 is 0. The molecule has 0 spiro atoms. The SMILES string of the molecule is CCOC(=O)CCCC(=O)Nc1cc(N)ccc1N(C)C(=O)CCCC(=O)OCC. The van der Waals surface area contributed by atoms with E-state index in [0.717, 1.165) is 0 Å². The minimum absolute atomic E-state index is 0.129. The summed E-state index contributed by atoms with van der Waals surface area (Å²) in [6.07, 6.45) is 1.33. The number of anilines is 3. The molecule has 0 aliphatic carbocycles. The van der Waals surface area contributed by atoms with Crippen LogP contribution in [0.25, 0.3) is 0 Å². The molecule has 30 heavy (non-hydrogen) atoms. The summed E-state index contributed by atoms with van der Waals surface area (Å²) in [6.45, 7) is 4.06. The molecule has 0 unspecified atom stereocenters. The van der Waals surface area contributed by atoms with Crippen molar-refractivity contribution in [3.8, 4) is 0 Å². The van der Waals surface area contributed by atoms with Gasteiger partial charge in [-0.05, 0) is 44.9 Å². The van der Waals surface area contributed by atoms with Crippen LogP contribution >= 0.6 is 0 Å². The summed E-state index contributed by atoms with van der Waals surface area (Å²) in [5.74, 6) is -1.18. The zero-order chi connectivity index (χ0) is 22.5. The number of esters is 2. The summed E-state index contributed by atoms with van der Waals surface area (Å²) in [6, 6.07) is 4.85. The van der Waals surface area contributed by atoms with Gasteiger partial charge >= 0.3 is 11.9 Å². The van der Waals surface area contributed by atoms with Crippen LogP contribution in [0.5, 0.6) is 0 Å². The highest BCUT2D eigenvalue weighted by atomic mass is 16.5. The molecule has 0 bridgehead atoms. The minimum Gasteiger partial charge on any atom is -0.466 e. The third-order valence-electron chi connectivity index (χ3n) is 4.20. The molecule has 0 aliphatic heterocycles. The molecule has 0 saturated carbocycles. The van der Waals surface area contributed by atoms with E-state index in [2.05, 4.69) is 5.32 Å². The normalized spacial score (nSPS) is 10.2. The Bertz CT molecular complexity index is 750. The lowest BCUT2D eigenvalue weighted by molar-refractivity contribution is -0.144. The lowest BCUT2D eigenvalue weighted by atomic mass is 10.1. The molecule has 1 aromatic carbocycles. The Morgan fingerprint density at radius 3 is 2.07 bits per heavy atom. The highest BCUT2D eigenvalue weighted by Gasteiger charge is 2.17. The second kappa shape index (κ2) is 13.2. The first-order chi connectivity index (χ1) is 14.3. The fraction of sp³-hybridized carbons (Fsp3) is 0.524. The van der Waals surface area contributed by atoms with Crippen LogP contribution in [-0.2, 0) is 28.7 Å². The molecule has 0 aromatic heterocycles. The Hall–Kier alpha value is -3.10. The van der Waals surface area contributed by atoms with Gasteiger partial charge in [0.1, 0.15) is 0 Å². The van der Waals surface area contributed by atoms with E-state index in [4.69, 9.17) is 15.2 Å². The number of nitrogens with zero attached hydrogens (tertiary/aromatic N) is 1. The number of rotatable bonds is 12. The van der Waals surface area contributed by atoms with E-state index in [0.29, 0.717) is 43.1 Å². The van der Waals surface area contributed by atoms with Crippen molar-refractivity contribution < 1.29 is 28.7 Å². The first-order valence-electron chi connectivity index (χ1n) is 10.1. The Labute approximate surface area is 176 Å². The van der Waals surface area contributed by atoms with Crippen molar-refractivity contribution in [2.75, 3.05) is 36.2 Å². The van der Waals surface area contributed by atoms with E-state index >= 15 is 0 Å². The number of hydrogen-bond donors (Lipinski definition) is 2. The highest BCUT2D eigenvalue weighted by Crippen LogP contribution is 2.28. The molecule has 0 saturated heterocycles. The smallest absolute Gasteiger partial charge is 0.305 e. The minimum atomic E-state index is -0.344. The topological polar surface area (TPSA) is 128 Å². The summed E-state index contributed by atoms with van der Waals surface area (Å²) in [5, 5.41) is 2.74. The van der Waals surface area contributed by atoms with Crippen molar-refractivity contribution in [3.05, 3.63) is 18.2 Å². The van der Waals surface area contributed by atoms with Gasteiger partial charge in [-0.3, -0.25) is 19.2 Å². The fourth-order valence-corrected chi connectivity index (χ4v) is 2.70. The lowest BCUT2D eigenvalue weighted by Crippen LogP contribution is -2.27. The Kier molecular flexibility index (Phi) is 11.0. The van der Waals surface area contributed by atoms with E-state index in [1.807, 2.05) is 0 Å². The quantitative estimate of drug-likeness (QED) is 0.392. The van der Waals surface area contributed by atoms with Crippen LogP contribution in [0.3, 0.4) is 0 Å². The summed E-state index contributed by atoms with van der Waals surface area (Å²) in [5.41, 5.74) is 7.15. The van der Waals surface area contributed by atoms with Crippen LogP contribution in [0.15, 0.2) is 18.2 Å². The molecule has 0 atom stereocenters. The number of nitrogens with two attached hydrogens (primary N) is 1. The van der Waals surface area contributed by atoms with E-state index in [1.54, 1.807) is 39.1 Å². The van der Waals surface area contributed by atoms with Crippen LogP contribution < -0.4 is 16.0 Å². The van der Waals surface area contributed by atoms with Crippen molar-refractivity contribution in [2.24, 2.45) is 0 Å². The van der Waals surface area contributed by atoms with Gasteiger partial charge in [-0.1, -0.05) is 0 Å². The van der Waals surface area contributed by atoms with Crippen LogP contribution in [-0.4, -0.2) is 44.0 Å². The average molecular weight is 421 g/mol. The number of ether oxygens (including phenoxy) is 2. The van der Waals surface area contributed by atoms with Crippen molar-refractivity contribution in [3.63, 3.8) is 0 Å². The van der Waals surface area contributed by atoms with Crippen LogP contribution in [0.1, 0.15) is 52.4 Å². The number of benzene rings is 1. The number of nitrogens with one attached hydrogen (secondary N) is 1. The number of amides is 2. The van der Waals surface area contributed by atoms with E-state index in [-0.39, 0.29) is 49.4 Å². The number of nitrogen functional groups attached to an aromatic ring is 1. The zero-order valence-corrected chi connectivity index (χ0v) is 17.9. The van der Waals surface area contributed by atoms with Gasteiger partial charge in [-0.15, -0.1) is 0 Å². The molecular formula is C21H31N3O6.